The third kappa shape index (κ3) is 3.19. The number of amides is 1. The average Bonchev–Trinajstić information content (AvgIpc) is 2.42. The summed E-state index contributed by atoms with van der Waals surface area (Å²) in [5, 5.41) is 8.86. The van der Waals surface area contributed by atoms with Crippen molar-refractivity contribution in [3.8, 4) is 0 Å². The fourth-order valence-electron chi connectivity index (χ4n) is 1.84. The molecule has 1 fully saturated rings. The van der Waals surface area contributed by atoms with Crippen LogP contribution in [0.3, 0.4) is 0 Å². The Balaban J connectivity index is 2.13. The Morgan fingerprint density at radius 3 is 2.58 bits per heavy atom. The van der Waals surface area contributed by atoms with E-state index in [9.17, 15) is 14.4 Å². The van der Waals surface area contributed by atoms with Crippen LogP contribution in [0.1, 0.15) is 10.4 Å². The van der Waals surface area contributed by atoms with E-state index in [1.54, 1.807) is 4.90 Å². The van der Waals surface area contributed by atoms with Gasteiger partial charge in [-0.3, -0.25) is 9.59 Å². The lowest BCUT2D eigenvalue weighted by Crippen LogP contribution is -2.43. The lowest BCUT2D eigenvalue weighted by atomic mass is 10.3. The molecule has 1 saturated heterocycles. The molecule has 0 atom stereocenters. The average molecular weight is 266 g/mol. The van der Waals surface area contributed by atoms with Gasteiger partial charge in [-0.25, -0.2) is 4.79 Å². The van der Waals surface area contributed by atoms with Gasteiger partial charge in [0, 0.05) is 25.4 Å². The minimum atomic E-state index is -1.13. The third-order valence-electron chi connectivity index (χ3n) is 2.90. The molecule has 0 unspecified atom stereocenters. The molecule has 1 aliphatic heterocycles. The van der Waals surface area contributed by atoms with Crippen LogP contribution in [-0.2, 0) is 16.1 Å². The van der Waals surface area contributed by atoms with Crippen LogP contribution in [-0.4, -0.2) is 52.8 Å². The molecular formula is C12H14N2O5. The van der Waals surface area contributed by atoms with E-state index in [0.29, 0.717) is 26.3 Å². The van der Waals surface area contributed by atoms with E-state index in [1.807, 2.05) is 0 Å². The normalized spacial score (nSPS) is 15.3. The van der Waals surface area contributed by atoms with Crippen molar-refractivity contribution in [1.29, 1.82) is 0 Å². The number of morpholine rings is 1. The van der Waals surface area contributed by atoms with Crippen LogP contribution >= 0.6 is 0 Å². The van der Waals surface area contributed by atoms with Gasteiger partial charge in [-0.2, -0.15) is 0 Å². The van der Waals surface area contributed by atoms with Crippen molar-refractivity contribution in [2.24, 2.45) is 0 Å². The zero-order valence-electron chi connectivity index (χ0n) is 10.2. The van der Waals surface area contributed by atoms with E-state index in [0.717, 1.165) is 10.6 Å². The van der Waals surface area contributed by atoms with Gasteiger partial charge in [-0.1, -0.05) is 0 Å². The Hall–Kier alpha value is -2.15. The van der Waals surface area contributed by atoms with Crippen LogP contribution in [0.15, 0.2) is 23.1 Å². The first-order valence-corrected chi connectivity index (χ1v) is 5.87. The van der Waals surface area contributed by atoms with Gasteiger partial charge in [-0.15, -0.1) is 0 Å². The van der Waals surface area contributed by atoms with E-state index in [-0.39, 0.29) is 18.0 Å². The SMILES string of the molecule is O=C(O)c1ccc(=O)n(CC(=O)N2CCOCC2)c1. The van der Waals surface area contributed by atoms with Crippen molar-refractivity contribution in [3.63, 3.8) is 0 Å². The van der Waals surface area contributed by atoms with Crippen LogP contribution in [0, 0.1) is 0 Å². The molecule has 1 amide bonds. The number of hydrogen-bond donors (Lipinski definition) is 1. The highest BCUT2D eigenvalue weighted by molar-refractivity contribution is 5.87. The van der Waals surface area contributed by atoms with Crippen LogP contribution < -0.4 is 5.56 Å². The summed E-state index contributed by atoms with van der Waals surface area (Å²) in [6.07, 6.45) is 1.18. The Kier molecular flexibility index (Phi) is 3.96. The molecule has 0 aliphatic carbocycles. The van der Waals surface area contributed by atoms with E-state index in [1.165, 1.54) is 12.3 Å². The summed E-state index contributed by atoms with van der Waals surface area (Å²) in [6, 6.07) is 2.37. The molecule has 0 spiro atoms. The second kappa shape index (κ2) is 5.66. The highest BCUT2D eigenvalue weighted by Crippen LogP contribution is 2.00. The van der Waals surface area contributed by atoms with Gasteiger partial charge in [0.2, 0.25) is 5.91 Å². The number of aromatic nitrogens is 1. The molecule has 19 heavy (non-hydrogen) atoms. The smallest absolute Gasteiger partial charge is 0.337 e. The van der Waals surface area contributed by atoms with Crippen LogP contribution in [0.25, 0.3) is 0 Å². The molecule has 0 bridgehead atoms. The lowest BCUT2D eigenvalue weighted by molar-refractivity contribution is -0.135. The molecule has 0 radical (unpaired) electrons. The standard InChI is InChI=1S/C12H14N2O5/c15-10-2-1-9(12(17)18)7-14(10)8-11(16)13-3-5-19-6-4-13/h1-2,7H,3-6,8H2,(H,17,18). The Labute approximate surface area is 109 Å². The van der Waals surface area contributed by atoms with Crippen molar-refractivity contribution in [2.45, 2.75) is 6.54 Å². The molecule has 102 valence electrons. The number of carboxylic acid groups (broad SMARTS) is 1. The second-order valence-electron chi connectivity index (χ2n) is 4.18. The van der Waals surface area contributed by atoms with Crippen molar-refractivity contribution >= 4 is 11.9 Å². The summed E-state index contributed by atoms with van der Waals surface area (Å²) < 4.78 is 6.25. The summed E-state index contributed by atoms with van der Waals surface area (Å²) in [7, 11) is 0. The van der Waals surface area contributed by atoms with Crippen molar-refractivity contribution < 1.29 is 19.4 Å². The van der Waals surface area contributed by atoms with Crippen molar-refractivity contribution in [1.82, 2.24) is 9.47 Å². The van der Waals surface area contributed by atoms with Gasteiger partial charge in [0.05, 0.1) is 18.8 Å². The molecule has 7 nitrogen and oxygen atoms in total. The van der Waals surface area contributed by atoms with Gasteiger partial charge >= 0.3 is 5.97 Å². The number of hydrogen-bond acceptors (Lipinski definition) is 4. The molecule has 2 rings (SSSR count). The van der Waals surface area contributed by atoms with E-state index in [2.05, 4.69) is 0 Å². The molecule has 1 N–H and O–H groups in total. The van der Waals surface area contributed by atoms with E-state index in [4.69, 9.17) is 9.84 Å². The predicted molar refractivity (Wildman–Crippen MR) is 65.1 cm³/mol. The van der Waals surface area contributed by atoms with Crippen LogP contribution in [0.4, 0.5) is 0 Å². The number of aromatic carboxylic acids is 1. The minimum Gasteiger partial charge on any atom is -0.478 e. The first-order chi connectivity index (χ1) is 9.08. The maximum absolute atomic E-state index is 12.0. The summed E-state index contributed by atoms with van der Waals surface area (Å²) >= 11 is 0. The summed E-state index contributed by atoms with van der Waals surface area (Å²) in [4.78, 5) is 36.0. The number of carbonyl (C=O) groups is 2. The Morgan fingerprint density at radius 2 is 1.95 bits per heavy atom. The Bertz CT molecular complexity index is 545. The third-order valence-corrected chi connectivity index (χ3v) is 2.90. The maximum atomic E-state index is 12.0. The molecule has 7 heteroatoms. The van der Waals surface area contributed by atoms with E-state index < -0.39 is 11.5 Å². The quantitative estimate of drug-likeness (QED) is 0.789. The molecule has 1 aliphatic rings. The molecule has 0 saturated carbocycles. The fourth-order valence-corrected chi connectivity index (χ4v) is 1.84. The van der Waals surface area contributed by atoms with Crippen LogP contribution in [0.2, 0.25) is 0 Å². The highest BCUT2D eigenvalue weighted by atomic mass is 16.5. The molecule has 2 heterocycles. The number of rotatable bonds is 3. The number of nitrogens with zero attached hydrogens (tertiary/aromatic N) is 2. The number of carbonyl (C=O) groups excluding carboxylic acids is 1. The maximum Gasteiger partial charge on any atom is 0.337 e. The van der Waals surface area contributed by atoms with Gasteiger partial charge in [0.15, 0.2) is 0 Å². The topological polar surface area (TPSA) is 88.8 Å². The number of pyridine rings is 1. The zero-order valence-corrected chi connectivity index (χ0v) is 10.2. The first kappa shape index (κ1) is 13.3. The largest absolute Gasteiger partial charge is 0.478 e. The predicted octanol–water partition coefficient (Wildman–Crippen LogP) is -0.595. The molecular weight excluding hydrogens is 252 g/mol. The van der Waals surface area contributed by atoms with Gasteiger partial charge in [0.1, 0.15) is 6.54 Å². The minimum absolute atomic E-state index is 0.0191. The molecule has 1 aromatic rings. The molecule has 1 aromatic heterocycles. The Morgan fingerprint density at radius 1 is 1.26 bits per heavy atom. The lowest BCUT2D eigenvalue weighted by Gasteiger charge is -2.27. The number of carboxylic acids is 1. The van der Waals surface area contributed by atoms with Gasteiger partial charge in [0.25, 0.3) is 5.56 Å². The second-order valence-corrected chi connectivity index (χ2v) is 4.18. The van der Waals surface area contributed by atoms with Crippen molar-refractivity contribution in [2.75, 3.05) is 26.3 Å². The summed E-state index contributed by atoms with van der Waals surface area (Å²) in [6.45, 7) is 1.80. The summed E-state index contributed by atoms with van der Waals surface area (Å²) in [5.41, 5.74) is -0.416. The first-order valence-electron chi connectivity index (χ1n) is 5.87. The highest BCUT2D eigenvalue weighted by Gasteiger charge is 2.17. The number of ether oxygens (including phenoxy) is 1. The van der Waals surface area contributed by atoms with E-state index >= 15 is 0 Å². The van der Waals surface area contributed by atoms with Crippen LogP contribution in [0.5, 0.6) is 0 Å². The zero-order chi connectivity index (χ0) is 13.8. The summed E-state index contributed by atoms with van der Waals surface area (Å²) in [5.74, 6) is -1.35. The van der Waals surface area contributed by atoms with Gasteiger partial charge in [-0.05, 0) is 6.07 Å². The monoisotopic (exact) mass is 266 g/mol. The van der Waals surface area contributed by atoms with Gasteiger partial charge < -0.3 is 19.3 Å². The fraction of sp³-hybridized carbons (Fsp3) is 0.417. The van der Waals surface area contributed by atoms with Crippen molar-refractivity contribution in [3.05, 3.63) is 34.2 Å². The molecule has 0 aromatic carbocycles.